The lowest BCUT2D eigenvalue weighted by Crippen LogP contribution is -2.42. The minimum absolute atomic E-state index is 0.0293. The van der Waals surface area contributed by atoms with Gasteiger partial charge in [0.15, 0.2) is 5.82 Å². The third-order valence-electron chi connectivity index (χ3n) is 4.82. The topological polar surface area (TPSA) is 75.9 Å². The Kier molecular flexibility index (Phi) is 4.82. The largest absolute Gasteiger partial charge is 0.382 e. The zero-order chi connectivity index (χ0) is 18.6. The first-order chi connectivity index (χ1) is 13.2. The van der Waals surface area contributed by atoms with Crippen molar-refractivity contribution in [1.82, 2.24) is 24.6 Å². The Morgan fingerprint density at radius 3 is 2.70 bits per heavy atom. The molecular weight excluding hydrogens is 340 g/mol. The maximum Gasteiger partial charge on any atom is 0.255 e. The van der Waals surface area contributed by atoms with Crippen molar-refractivity contribution < 1.29 is 4.79 Å². The molecule has 1 aliphatic rings. The van der Waals surface area contributed by atoms with Gasteiger partial charge in [-0.25, -0.2) is 14.6 Å². The number of hydrogen-bond acceptors (Lipinski definition) is 5. The highest BCUT2D eigenvalue weighted by molar-refractivity contribution is 5.94. The van der Waals surface area contributed by atoms with Crippen LogP contribution in [-0.2, 0) is 0 Å². The van der Waals surface area contributed by atoms with Crippen molar-refractivity contribution in [2.24, 2.45) is 0 Å². The van der Waals surface area contributed by atoms with E-state index in [0.717, 1.165) is 31.6 Å². The molecule has 0 bridgehead atoms. The molecule has 0 unspecified atom stereocenters. The number of piperidine rings is 1. The molecule has 27 heavy (non-hydrogen) atoms. The van der Waals surface area contributed by atoms with Crippen LogP contribution in [0, 0.1) is 6.92 Å². The number of carbonyl (C=O) groups excluding carboxylic acids is 1. The van der Waals surface area contributed by atoms with Crippen LogP contribution in [0.1, 0.15) is 28.8 Å². The minimum atomic E-state index is 0.0293. The second-order valence-electron chi connectivity index (χ2n) is 6.83. The van der Waals surface area contributed by atoms with Gasteiger partial charge in [-0.1, -0.05) is 12.1 Å². The van der Waals surface area contributed by atoms with E-state index in [1.807, 2.05) is 4.90 Å². The number of benzene rings is 1. The Morgan fingerprint density at radius 1 is 1.19 bits per heavy atom. The SMILES string of the molecule is Cc1cccc(NC2CCN(C(=O)c3ccc(-n4cncn4)nc3)CC2)c1. The molecule has 7 nitrogen and oxygen atoms in total. The van der Waals surface area contributed by atoms with Crippen LogP contribution in [0.15, 0.2) is 55.2 Å². The third-order valence-corrected chi connectivity index (χ3v) is 4.82. The van der Waals surface area contributed by atoms with Crippen LogP contribution < -0.4 is 5.32 Å². The van der Waals surface area contributed by atoms with E-state index in [9.17, 15) is 4.79 Å². The van der Waals surface area contributed by atoms with Gasteiger partial charge in [-0.2, -0.15) is 5.10 Å². The van der Waals surface area contributed by atoms with Crippen LogP contribution in [0.2, 0.25) is 0 Å². The van der Waals surface area contributed by atoms with Gasteiger partial charge in [-0.05, 0) is 49.6 Å². The van der Waals surface area contributed by atoms with E-state index in [0.29, 0.717) is 17.4 Å². The van der Waals surface area contributed by atoms with Crippen LogP contribution in [0.25, 0.3) is 5.82 Å². The molecule has 4 rings (SSSR count). The first-order valence-corrected chi connectivity index (χ1v) is 9.12. The number of aromatic nitrogens is 4. The van der Waals surface area contributed by atoms with Gasteiger partial charge in [0, 0.05) is 31.0 Å². The molecule has 0 atom stereocenters. The Bertz CT molecular complexity index is 898. The second-order valence-corrected chi connectivity index (χ2v) is 6.83. The smallest absolute Gasteiger partial charge is 0.255 e. The normalized spacial score (nSPS) is 14.9. The quantitative estimate of drug-likeness (QED) is 0.772. The molecule has 3 heterocycles. The van der Waals surface area contributed by atoms with Crippen molar-refractivity contribution in [2.45, 2.75) is 25.8 Å². The molecule has 1 fully saturated rings. The van der Waals surface area contributed by atoms with Gasteiger partial charge in [0.1, 0.15) is 12.7 Å². The van der Waals surface area contributed by atoms with E-state index in [-0.39, 0.29) is 5.91 Å². The number of likely N-dealkylation sites (tertiary alicyclic amines) is 1. The molecule has 1 aromatic carbocycles. The average molecular weight is 362 g/mol. The van der Waals surface area contributed by atoms with Gasteiger partial charge in [-0.15, -0.1) is 0 Å². The Balaban J connectivity index is 1.34. The van der Waals surface area contributed by atoms with Crippen molar-refractivity contribution in [2.75, 3.05) is 18.4 Å². The Morgan fingerprint density at radius 2 is 2.04 bits per heavy atom. The summed E-state index contributed by atoms with van der Waals surface area (Å²) in [5.41, 5.74) is 2.99. The lowest BCUT2D eigenvalue weighted by Gasteiger charge is -2.33. The van der Waals surface area contributed by atoms with Crippen LogP contribution >= 0.6 is 0 Å². The fourth-order valence-corrected chi connectivity index (χ4v) is 3.35. The summed E-state index contributed by atoms with van der Waals surface area (Å²) >= 11 is 0. The molecule has 0 saturated carbocycles. The molecular formula is C20H22N6O. The molecule has 0 radical (unpaired) electrons. The van der Waals surface area contributed by atoms with Crippen molar-refractivity contribution in [3.05, 3.63) is 66.4 Å². The van der Waals surface area contributed by atoms with Crippen LogP contribution in [0.3, 0.4) is 0 Å². The maximum absolute atomic E-state index is 12.7. The molecule has 1 amide bonds. The monoisotopic (exact) mass is 362 g/mol. The summed E-state index contributed by atoms with van der Waals surface area (Å²) in [5.74, 6) is 0.673. The third kappa shape index (κ3) is 3.97. The number of anilines is 1. The Labute approximate surface area is 158 Å². The number of nitrogens with zero attached hydrogens (tertiary/aromatic N) is 5. The van der Waals surface area contributed by atoms with E-state index in [1.54, 1.807) is 29.3 Å². The first-order valence-electron chi connectivity index (χ1n) is 9.12. The average Bonchev–Trinajstić information content (AvgIpc) is 3.23. The highest BCUT2D eigenvalue weighted by atomic mass is 16.2. The number of aryl methyl sites for hydroxylation is 1. The summed E-state index contributed by atoms with van der Waals surface area (Å²) in [6.07, 6.45) is 6.51. The number of amides is 1. The highest BCUT2D eigenvalue weighted by Crippen LogP contribution is 2.19. The van der Waals surface area contributed by atoms with Gasteiger partial charge < -0.3 is 10.2 Å². The van der Waals surface area contributed by atoms with E-state index >= 15 is 0 Å². The van der Waals surface area contributed by atoms with Gasteiger partial charge in [0.2, 0.25) is 0 Å². The molecule has 1 N–H and O–H groups in total. The molecule has 3 aromatic rings. The molecule has 1 aliphatic heterocycles. The maximum atomic E-state index is 12.7. The van der Waals surface area contributed by atoms with Gasteiger partial charge >= 0.3 is 0 Å². The van der Waals surface area contributed by atoms with Crippen molar-refractivity contribution >= 4 is 11.6 Å². The second kappa shape index (κ2) is 7.57. The molecule has 0 aliphatic carbocycles. The first kappa shape index (κ1) is 17.2. The van der Waals surface area contributed by atoms with E-state index in [1.165, 1.54) is 11.9 Å². The number of pyridine rings is 1. The summed E-state index contributed by atoms with van der Waals surface area (Å²) in [4.78, 5) is 22.9. The predicted octanol–water partition coefficient (Wildman–Crippen LogP) is 2.69. The van der Waals surface area contributed by atoms with Crippen molar-refractivity contribution in [3.8, 4) is 5.82 Å². The summed E-state index contributed by atoms with van der Waals surface area (Å²) in [6, 6.07) is 12.4. The number of carbonyl (C=O) groups is 1. The Hall–Kier alpha value is -3.22. The van der Waals surface area contributed by atoms with E-state index in [2.05, 4.69) is 51.6 Å². The zero-order valence-corrected chi connectivity index (χ0v) is 15.2. The number of nitrogens with one attached hydrogen (secondary N) is 1. The molecule has 0 spiro atoms. The predicted molar refractivity (Wildman–Crippen MR) is 103 cm³/mol. The highest BCUT2D eigenvalue weighted by Gasteiger charge is 2.23. The minimum Gasteiger partial charge on any atom is -0.382 e. The molecule has 2 aromatic heterocycles. The summed E-state index contributed by atoms with van der Waals surface area (Å²) in [7, 11) is 0. The lowest BCUT2D eigenvalue weighted by molar-refractivity contribution is 0.0718. The van der Waals surface area contributed by atoms with Crippen LogP contribution in [-0.4, -0.2) is 49.7 Å². The lowest BCUT2D eigenvalue weighted by atomic mass is 10.0. The summed E-state index contributed by atoms with van der Waals surface area (Å²) in [5, 5.41) is 7.62. The van der Waals surface area contributed by atoms with Crippen LogP contribution in [0.5, 0.6) is 0 Å². The zero-order valence-electron chi connectivity index (χ0n) is 15.2. The summed E-state index contributed by atoms with van der Waals surface area (Å²) in [6.45, 7) is 3.58. The van der Waals surface area contributed by atoms with Crippen LogP contribution in [0.4, 0.5) is 5.69 Å². The van der Waals surface area contributed by atoms with Gasteiger partial charge in [0.25, 0.3) is 5.91 Å². The van der Waals surface area contributed by atoms with Gasteiger partial charge in [-0.3, -0.25) is 4.79 Å². The van der Waals surface area contributed by atoms with E-state index < -0.39 is 0 Å². The van der Waals surface area contributed by atoms with Crippen molar-refractivity contribution in [1.29, 1.82) is 0 Å². The van der Waals surface area contributed by atoms with Gasteiger partial charge in [0.05, 0.1) is 5.56 Å². The fraction of sp³-hybridized carbons (Fsp3) is 0.300. The molecule has 7 heteroatoms. The number of hydrogen-bond donors (Lipinski definition) is 1. The fourth-order valence-electron chi connectivity index (χ4n) is 3.35. The van der Waals surface area contributed by atoms with Crippen molar-refractivity contribution in [3.63, 3.8) is 0 Å². The standard InChI is InChI=1S/C20H22N6O/c1-15-3-2-4-18(11-15)24-17-7-9-25(10-8-17)20(27)16-5-6-19(22-12-16)26-14-21-13-23-26/h2-6,11-14,17,24H,7-10H2,1H3. The van der Waals surface area contributed by atoms with E-state index in [4.69, 9.17) is 0 Å². The molecule has 1 saturated heterocycles. The summed E-state index contributed by atoms with van der Waals surface area (Å²) < 4.78 is 1.57. The molecule has 138 valence electrons. The number of rotatable bonds is 4.